The van der Waals surface area contributed by atoms with Crippen LogP contribution in [-0.4, -0.2) is 28.0 Å². The first-order chi connectivity index (χ1) is 14.0. The van der Waals surface area contributed by atoms with Gasteiger partial charge < -0.3 is 9.88 Å². The van der Waals surface area contributed by atoms with Gasteiger partial charge in [-0.3, -0.25) is 9.69 Å². The van der Waals surface area contributed by atoms with E-state index in [-0.39, 0.29) is 18.1 Å². The molecule has 1 N–H and O–H groups in total. The van der Waals surface area contributed by atoms with Crippen LogP contribution in [0.1, 0.15) is 45.8 Å². The second kappa shape index (κ2) is 7.37. The Morgan fingerprint density at radius 3 is 2.79 bits per heavy atom. The van der Waals surface area contributed by atoms with Crippen LogP contribution in [0.4, 0.5) is 4.79 Å². The van der Waals surface area contributed by atoms with E-state index in [2.05, 4.69) is 22.5 Å². The Morgan fingerprint density at radius 2 is 2.07 bits per heavy atom. The van der Waals surface area contributed by atoms with Crippen LogP contribution < -0.4 is 5.32 Å². The van der Waals surface area contributed by atoms with E-state index in [0.717, 1.165) is 51.7 Å². The van der Waals surface area contributed by atoms with E-state index in [1.165, 1.54) is 22.9 Å². The molecule has 0 aromatic carbocycles. The van der Waals surface area contributed by atoms with Crippen molar-refractivity contribution in [2.75, 3.05) is 6.54 Å². The van der Waals surface area contributed by atoms with E-state index in [1.807, 2.05) is 19.9 Å². The van der Waals surface area contributed by atoms with Gasteiger partial charge in [-0.25, -0.2) is 4.79 Å². The number of nitriles is 1. The van der Waals surface area contributed by atoms with Crippen LogP contribution >= 0.6 is 11.3 Å². The molecule has 1 fully saturated rings. The number of rotatable bonds is 4. The SMILES string of the molecule is C=CCN1C(=O)NC(=Cc2cc(C)n(-c3sc4c(c3C#N)CCCC4)c2C)C1=O. The third-order valence-electron chi connectivity index (χ3n) is 5.51. The average molecular weight is 407 g/mol. The summed E-state index contributed by atoms with van der Waals surface area (Å²) in [4.78, 5) is 26.9. The second-order valence-corrected chi connectivity index (χ2v) is 8.44. The molecule has 148 valence electrons. The largest absolute Gasteiger partial charge is 0.329 e. The molecular weight excluding hydrogens is 384 g/mol. The number of fused-ring (bicyclic) bond motifs is 1. The van der Waals surface area contributed by atoms with Gasteiger partial charge in [-0.2, -0.15) is 5.26 Å². The predicted molar refractivity (Wildman–Crippen MR) is 113 cm³/mol. The van der Waals surface area contributed by atoms with E-state index >= 15 is 0 Å². The van der Waals surface area contributed by atoms with Crippen molar-refractivity contribution < 1.29 is 9.59 Å². The normalized spacial score (nSPS) is 17.4. The number of carbonyl (C=O) groups is 2. The number of amides is 3. The molecule has 0 bridgehead atoms. The highest BCUT2D eigenvalue weighted by molar-refractivity contribution is 7.15. The Balaban J connectivity index is 1.77. The summed E-state index contributed by atoms with van der Waals surface area (Å²) in [6.07, 6.45) is 7.52. The van der Waals surface area contributed by atoms with Crippen molar-refractivity contribution in [1.82, 2.24) is 14.8 Å². The molecule has 0 spiro atoms. The highest BCUT2D eigenvalue weighted by atomic mass is 32.1. The minimum Gasteiger partial charge on any atom is -0.308 e. The summed E-state index contributed by atoms with van der Waals surface area (Å²) in [6, 6.07) is 3.97. The molecule has 3 heterocycles. The minimum atomic E-state index is -0.437. The molecule has 2 aromatic rings. The van der Waals surface area contributed by atoms with Crippen LogP contribution in [-0.2, 0) is 17.6 Å². The second-order valence-electron chi connectivity index (χ2n) is 7.36. The number of hydrogen-bond donors (Lipinski definition) is 1. The molecule has 0 saturated carbocycles. The first kappa shape index (κ1) is 19.2. The fourth-order valence-corrected chi connectivity index (χ4v) is 5.54. The van der Waals surface area contributed by atoms with Crippen molar-refractivity contribution in [1.29, 1.82) is 5.26 Å². The van der Waals surface area contributed by atoms with Crippen LogP contribution in [0.3, 0.4) is 0 Å². The molecule has 2 aliphatic rings. The molecule has 1 saturated heterocycles. The average Bonchev–Trinajstić information content (AvgIpc) is 3.29. The molecule has 6 nitrogen and oxygen atoms in total. The summed E-state index contributed by atoms with van der Waals surface area (Å²) in [7, 11) is 0. The minimum absolute atomic E-state index is 0.174. The van der Waals surface area contributed by atoms with Gasteiger partial charge in [0.2, 0.25) is 0 Å². The Morgan fingerprint density at radius 1 is 1.31 bits per heavy atom. The van der Waals surface area contributed by atoms with E-state index in [0.29, 0.717) is 0 Å². The van der Waals surface area contributed by atoms with Crippen molar-refractivity contribution in [3.63, 3.8) is 0 Å². The zero-order chi connectivity index (χ0) is 20.7. The number of aryl methyl sites for hydroxylation is 2. The van der Waals surface area contributed by atoms with Crippen molar-refractivity contribution in [3.8, 4) is 11.1 Å². The fraction of sp³-hybridized carbons (Fsp3) is 0.318. The Bertz CT molecular complexity index is 1110. The lowest BCUT2D eigenvalue weighted by atomic mass is 9.96. The lowest BCUT2D eigenvalue weighted by molar-refractivity contribution is -0.122. The summed E-state index contributed by atoms with van der Waals surface area (Å²) in [5.74, 6) is -0.357. The molecule has 29 heavy (non-hydrogen) atoms. The number of urea groups is 1. The van der Waals surface area contributed by atoms with E-state index in [9.17, 15) is 14.9 Å². The van der Waals surface area contributed by atoms with Crippen LogP contribution in [0.15, 0.2) is 24.4 Å². The number of thiophene rings is 1. The highest BCUT2D eigenvalue weighted by Crippen LogP contribution is 2.38. The molecule has 4 rings (SSSR count). The van der Waals surface area contributed by atoms with Crippen molar-refractivity contribution >= 4 is 29.4 Å². The summed E-state index contributed by atoms with van der Waals surface area (Å²) < 4.78 is 2.09. The first-order valence-electron chi connectivity index (χ1n) is 9.65. The standard InChI is InChI=1S/C22H22N4O2S/c1-4-9-25-20(27)18(24-22(25)28)11-15-10-13(2)26(14(15)3)21-17(12-23)16-7-5-6-8-19(16)29-21/h4,10-11H,1,5-9H2,2-3H3,(H,24,28). The van der Waals surface area contributed by atoms with Gasteiger partial charge in [-0.05, 0) is 62.8 Å². The van der Waals surface area contributed by atoms with Crippen LogP contribution in [0, 0.1) is 25.2 Å². The van der Waals surface area contributed by atoms with Gasteiger partial charge in [0, 0.05) is 22.8 Å². The quantitative estimate of drug-likeness (QED) is 0.474. The van der Waals surface area contributed by atoms with Gasteiger partial charge in [0.15, 0.2) is 0 Å². The first-order valence-corrected chi connectivity index (χ1v) is 10.5. The maximum atomic E-state index is 12.5. The number of imide groups is 1. The molecule has 2 aromatic heterocycles. The number of nitrogens with one attached hydrogen (secondary N) is 1. The highest BCUT2D eigenvalue weighted by Gasteiger charge is 2.33. The van der Waals surface area contributed by atoms with E-state index in [1.54, 1.807) is 17.4 Å². The smallest absolute Gasteiger partial charge is 0.308 e. The van der Waals surface area contributed by atoms with Crippen LogP contribution in [0.25, 0.3) is 11.1 Å². The van der Waals surface area contributed by atoms with Gasteiger partial charge in [0.05, 0.1) is 5.56 Å². The maximum absolute atomic E-state index is 12.5. The van der Waals surface area contributed by atoms with Crippen LogP contribution in [0.2, 0.25) is 0 Å². The van der Waals surface area contributed by atoms with Crippen molar-refractivity contribution in [3.05, 3.63) is 57.4 Å². The van der Waals surface area contributed by atoms with Crippen LogP contribution in [0.5, 0.6) is 0 Å². The number of carbonyl (C=O) groups excluding carboxylic acids is 2. The summed E-state index contributed by atoms with van der Waals surface area (Å²) in [6.45, 7) is 7.73. The lowest BCUT2D eigenvalue weighted by Gasteiger charge is -2.10. The summed E-state index contributed by atoms with van der Waals surface area (Å²) >= 11 is 1.70. The monoisotopic (exact) mass is 406 g/mol. The Kier molecular flexibility index (Phi) is 4.89. The van der Waals surface area contributed by atoms with Crippen molar-refractivity contribution in [2.45, 2.75) is 39.5 Å². The van der Waals surface area contributed by atoms with Gasteiger partial charge >= 0.3 is 6.03 Å². The molecule has 1 aliphatic heterocycles. The molecule has 0 radical (unpaired) electrons. The summed E-state index contributed by atoms with van der Waals surface area (Å²) in [5.41, 5.74) is 5.00. The number of nitrogens with zero attached hydrogens (tertiary/aromatic N) is 3. The lowest BCUT2D eigenvalue weighted by Crippen LogP contribution is -2.30. The van der Waals surface area contributed by atoms with Gasteiger partial charge in [0.25, 0.3) is 5.91 Å². The Labute approximate surface area is 173 Å². The van der Waals surface area contributed by atoms with Gasteiger partial charge in [-0.1, -0.05) is 6.08 Å². The molecule has 3 amide bonds. The van der Waals surface area contributed by atoms with Gasteiger partial charge in [-0.15, -0.1) is 17.9 Å². The maximum Gasteiger partial charge on any atom is 0.329 e. The zero-order valence-corrected chi connectivity index (χ0v) is 17.4. The number of aromatic nitrogens is 1. The molecular formula is C22H22N4O2S. The van der Waals surface area contributed by atoms with Crippen molar-refractivity contribution in [2.24, 2.45) is 0 Å². The molecule has 1 aliphatic carbocycles. The zero-order valence-electron chi connectivity index (χ0n) is 16.5. The molecule has 7 heteroatoms. The van der Waals surface area contributed by atoms with Gasteiger partial charge in [0.1, 0.15) is 16.8 Å². The molecule has 0 unspecified atom stereocenters. The molecule has 0 atom stereocenters. The fourth-order valence-electron chi connectivity index (χ4n) is 4.09. The number of hydrogen-bond acceptors (Lipinski definition) is 4. The summed E-state index contributed by atoms with van der Waals surface area (Å²) in [5, 5.41) is 13.4. The third kappa shape index (κ3) is 3.10. The van der Waals surface area contributed by atoms with E-state index < -0.39 is 6.03 Å². The van der Waals surface area contributed by atoms with E-state index in [4.69, 9.17) is 0 Å². The third-order valence-corrected chi connectivity index (χ3v) is 6.79. The topological polar surface area (TPSA) is 78.1 Å². The predicted octanol–water partition coefficient (Wildman–Crippen LogP) is 3.98. The Hall–Kier alpha value is -3.11.